The lowest BCUT2D eigenvalue weighted by atomic mass is 10.0. The van der Waals surface area contributed by atoms with Crippen LogP contribution in [0.3, 0.4) is 0 Å². The summed E-state index contributed by atoms with van der Waals surface area (Å²) in [6, 6.07) is 4.76. The van der Waals surface area contributed by atoms with Gasteiger partial charge in [-0.3, -0.25) is 0 Å². The highest BCUT2D eigenvalue weighted by Gasteiger charge is 2.28. The lowest BCUT2D eigenvalue weighted by Crippen LogP contribution is -2.35. The van der Waals surface area contributed by atoms with Crippen LogP contribution in [-0.4, -0.2) is 25.8 Å². The molecule has 0 aliphatic carbocycles. The summed E-state index contributed by atoms with van der Waals surface area (Å²) >= 11 is 6.03. The van der Waals surface area contributed by atoms with E-state index in [-0.39, 0.29) is 15.6 Å². The molecule has 0 aliphatic heterocycles. The van der Waals surface area contributed by atoms with E-state index in [1.165, 1.54) is 4.31 Å². The van der Waals surface area contributed by atoms with Crippen LogP contribution in [0.2, 0.25) is 5.02 Å². The Bertz CT molecular complexity index is 522. The number of hydrogen-bond acceptors (Lipinski definition) is 3. The summed E-state index contributed by atoms with van der Waals surface area (Å²) in [6.45, 7) is 6.87. The van der Waals surface area contributed by atoms with E-state index in [4.69, 9.17) is 17.3 Å². The predicted molar refractivity (Wildman–Crippen MR) is 84.4 cm³/mol. The van der Waals surface area contributed by atoms with Crippen molar-refractivity contribution in [2.45, 2.75) is 38.5 Å². The van der Waals surface area contributed by atoms with Crippen molar-refractivity contribution in [3.05, 3.63) is 23.2 Å². The van der Waals surface area contributed by atoms with E-state index in [2.05, 4.69) is 13.8 Å². The molecule has 0 unspecified atom stereocenters. The number of hydrogen-bond donors (Lipinski definition) is 1. The lowest BCUT2D eigenvalue weighted by molar-refractivity contribution is 0.339. The lowest BCUT2D eigenvalue weighted by Gasteiger charge is -2.25. The van der Waals surface area contributed by atoms with Crippen molar-refractivity contribution in [1.29, 1.82) is 0 Å². The van der Waals surface area contributed by atoms with Gasteiger partial charge in [-0.25, -0.2) is 8.42 Å². The van der Waals surface area contributed by atoms with Crippen molar-refractivity contribution in [2.75, 3.05) is 18.8 Å². The Morgan fingerprint density at radius 2 is 1.85 bits per heavy atom. The standard InChI is InChI=1S/C14H23ClN2O2S/c1-4-11(5-2)10-17(6-3)20(18,19)14-12(15)8-7-9-13(14)16/h7-9,11H,4-6,10,16H2,1-3H3. The van der Waals surface area contributed by atoms with Gasteiger partial charge in [-0.05, 0) is 18.1 Å². The second-order valence-electron chi connectivity index (χ2n) is 4.80. The fourth-order valence-electron chi connectivity index (χ4n) is 2.16. The second kappa shape index (κ2) is 7.29. The largest absolute Gasteiger partial charge is 0.398 e. The third-order valence-corrected chi connectivity index (χ3v) is 6.05. The van der Waals surface area contributed by atoms with Gasteiger partial charge in [-0.15, -0.1) is 0 Å². The summed E-state index contributed by atoms with van der Waals surface area (Å²) in [5, 5.41) is 0.174. The van der Waals surface area contributed by atoms with Crippen molar-refractivity contribution < 1.29 is 8.42 Å². The Hall–Kier alpha value is -0.780. The number of rotatable bonds is 7. The van der Waals surface area contributed by atoms with Crippen LogP contribution in [0.1, 0.15) is 33.6 Å². The molecule has 114 valence electrons. The molecule has 1 rings (SSSR count). The molecular weight excluding hydrogens is 296 g/mol. The van der Waals surface area contributed by atoms with E-state index in [0.29, 0.717) is 19.0 Å². The van der Waals surface area contributed by atoms with Gasteiger partial charge in [-0.2, -0.15) is 4.31 Å². The average molecular weight is 319 g/mol. The Labute approximate surface area is 127 Å². The highest BCUT2D eigenvalue weighted by Crippen LogP contribution is 2.30. The molecule has 0 saturated heterocycles. The van der Waals surface area contributed by atoms with Gasteiger partial charge in [0.05, 0.1) is 10.7 Å². The Balaban J connectivity index is 3.19. The Morgan fingerprint density at radius 1 is 1.25 bits per heavy atom. The Kier molecular flexibility index (Phi) is 6.30. The van der Waals surface area contributed by atoms with Gasteiger partial charge in [0.1, 0.15) is 4.90 Å². The number of nitrogen functional groups attached to an aromatic ring is 1. The first-order valence-corrected chi connectivity index (χ1v) is 8.74. The average Bonchev–Trinajstić information content (AvgIpc) is 2.39. The zero-order valence-electron chi connectivity index (χ0n) is 12.3. The zero-order valence-corrected chi connectivity index (χ0v) is 13.8. The van der Waals surface area contributed by atoms with Crippen molar-refractivity contribution >= 4 is 27.3 Å². The third kappa shape index (κ3) is 3.65. The van der Waals surface area contributed by atoms with Gasteiger partial charge in [0.2, 0.25) is 10.0 Å². The van der Waals surface area contributed by atoms with Crippen molar-refractivity contribution in [2.24, 2.45) is 5.92 Å². The number of nitrogens with zero attached hydrogens (tertiary/aromatic N) is 1. The summed E-state index contributed by atoms with van der Waals surface area (Å²) in [5.74, 6) is 0.341. The molecule has 0 heterocycles. The molecule has 2 N–H and O–H groups in total. The predicted octanol–water partition coefficient (Wildman–Crippen LogP) is 3.37. The highest BCUT2D eigenvalue weighted by atomic mass is 35.5. The van der Waals surface area contributed by atoms with Crippen LogP contribution in [-0.2, 0) is 10.0 Å². The minimum Gasteiger partial charge on any atom is -0.398 e. The normalized spacial score (nSPS) is 12.3. The molecule has 0 saturated carbocycles. The minimum atomic E-state index is -3.65. The maximum Gasteiger partial charge on any atom is 0.246 e. The van der Waals surface area contributed by atoms with E-state index in [1.807, 2.05) is 6.92 Å². The van der Waals surface area contributed by atoms with E-state index in [9.17, 15) is 8.42 Å². The van der Waals surface area contributed by atoms with E-state index in [1.54, 1.807) is 18.2 Å². The van der Waals surface area contributed by atoms with Gasteiger partial charge in [0, 0.05) is 13.1 Å². The molecule has 0 atom stereocenters. The van der Waals surface area contributed by atoms with E-state index in [0.717, 1.165) is 12.8 Å². The quantitative estimate of drug-likeness (QED) is 0.784. The van der Waals surface area contributed by atoms with Crippen LogP contribution in [0, 0.1) is 5.92 Å². The topological polar surface area (TPSA) is 63.4 Å². The molecule has 0 aliphatic rings. The Morgan fingerprint density at radius 3 is 2.30 bits per heavy atom. The molecule has 1 aromatic rings. The third-order valence-electron chi connectivity index (χ3n) is 3.56. The summed E-state index contributed by atoms with van der Waals surface area (Å²) in [6.07, 6.45) is 1.89. The molecule has 4 nitrogen and oxygen atoms in total. The fraction of sp³-hybridized carbons (Fsp3) is 0.571. The maximum absolute atomic E-state index is 12.7. The molecule has 0 fully saturated rings. The second-order valence-corrected chi connectivity index (χ2v) is 7.08. The molecule has 0 radical (unpaired) electrons. The summed E-state index contributed by atoms with van der Waals surface area (Å²) < 4.78 is 26.9. The van der Waals surface area contributed by atoms with Gasteiger partial charge >= 0.3 is 0 Å². The molecule has 0 spiro atoms. The van der Waals surface area contributed by atoms with Crippen LogP contribution in [0.25, 0.3) is 0 Å². The molecule has 0 bridgehead atoms. The summed E-state index contributed by atoms with van der Waals surface area (Å²) in [7, 11) is -3.65. The minimum absolute atomic E-state index is 0.0227. The first kappa shape index (κ1) is 17.3. The number of nitrogens with two attached hydrogens (primary N) is 1. The number of anilines is 1. The van der Waals surface area contributed by atoms with Crippen molar-refractivity contribution in [3.63, 3.8) is 0 Å². The van der Waals surface area contributed by atoms with Crippen LogP contribution in [0.4, 0.5) is 5.69 Å². The van der Waals surface area contributed by atoms with Gasteiger partial charge in [-0.1, -0.05) is 51.3 Å². The molecule has 1 aromatic carbocycles. The van der Waals surface area contributed by atoms with Crippen molar-refractivity contribution in [1.82, 2.24) is 4.31 Å². The molecule has 20 heavy (non-hydrogen) atoms. The van der Waals surface area contributed by atoms with E-state index >= 15 is 0 Å². The summed E-state index contributed by atoms with van der Waals surface area (Å²) in [4.78, 5) is 0.0227. The summed E-state index contributed by atoms with van der Waals surface area (Å²) in [5.41, 5.74) is 6.00. The first-order chi connectivity index (χ1) is 9.38. The van der Waals surface area contributed by atoms with Gasteiger partial charge < -0.3 is 5.73 Å². The van der Waals surface area contributed by atoms with Crippen LogP contribution in [0.5, 0.6) is 0 Å². The van der Waals surface area contributed by atoms with Crippen molar-refractivity contribution in [3.8, 4) is 0 Å². The highest BCUT2D eigenvalue weighted by molar-refractivity contribution is 7.89. The number of halogens is 1. The van der Waals surface area contributed by atoms with Crippen LogP contribution in [0.15, 0.2) is 23.1 Å². The number of benzene rings is 1. The monoisotopic (exact) mass is 318 g/mol. The van der Waals surface area contributed by atoms with Crippen LogP contribution < -0.4 is 5.73 Å². The molecular formula is C14H23ClN2O2S. The molecule has 0 amide bonds. The smallest absolute Gasteiger partial charge is 0.246 e. The SMILES string of the molecule is CCC(CC)CN(CC)S(=O)(=O)c1c(N)cccc1Cl. The van der Waals surface area contributed by atoms with Gasteiger partial charge in [0.25, 0.3) is 0 Å². The fourth-order valence-corrected chi connectivity index (χ4v) is 4.32. The number of sulfonamides is 1. The maximum atomic E-state index is 12.7. The van der Waals surface area contributed by atoms with E-state index < -0.39 is 10.0 Å². The molecule has 0 aromatic heterocycles. The first-order valence-electron chi connectivity index (χ1n) is 6.92. The van der Waals surface area contributed by atoms with Gasteiger partial charge in [0.15, 0.2) is 0 Å². The zero-order chi connectivity index (χ0) is 15.3. The van der Waals surface area contributed by atoms with Crippen LogP contribution >= 0.6 is 11.6 Å². The molecule has 6 heteroatoms.